The zero-order chi connectivity index (χ0) is 16.4. The Morgan fingerprint density at radius 1 is 1.39 bits per heavy atom. The molecule has 0 saturated carbocycles. The van der Waals surface area contributed by atoms with Crippen molar-refractivity contribution in [2.75, 3.05) is 6.54 Å². The number of carbonyl (C=O) groups is 1. The number of aromatic nitrogens is 1. The van der Waals surface area contributed by atoms with Crippen molar-refractivity contribution in [2.45, 2.75) is 45.6 Å². The Morgan fingerprint density at radius 3 is 2.91 bits per heavy atom. The number of thiazole rings is 1. The lowest BCUT2D eigenvalue weighted by Crippen LogP contribution is -2.39. The summed E-state index contributed by atoms with van der Waals surface area (Å²) in [5.74, 6) is -0.125. The Hall–Kier alpha value is -1.75. The van der Waals surface area contributed by atoms with Crippen LogP contribution in [0.3, 0.4) is 0 Å². The summed E-state index contributed by atoms with van der Waals surface area (Å²) in [5, 5.41) is 0.991. The lowest BCUT2D eigenvalue weighted by atomic mass is 9.94. The number of hydrogen-bond acceptors (Lipinski definition) is 3. The van der Waals surface area contributed by atoms with Crippen molar-refractivity contribution >= 4 is 17.2 Å². The van der Waals surface area contributed by atoms with Gasteiger partial charge < -0.3 is 4.90 Å². The highest BCUT2D eigenvalue weighted by Gasteiger charge is 2.28. The molecule has 1 aliphatic rings. The summed E-state index contributed by atoms with van der Waals surface area (Å²) in [7, 11) is 0. The number of hydrogen-bond donors (Lipinski definition) is 0. The van der Waals surface area contributed by atoms with Crippen molar-refractivity contribution in [2.24, 2.45) is 0 Å². The van der Waals surface area contributed by atoms with E-state index in [1.165, 1.54) is 6.07 Å². The van der Waals surface area contributed by atoms with Crippen molar-refractivity contribution in [3.63, 3.8) is 0 Å². The highest BCUT2D eigenvalue weighted by Crippen LogP contribution is 2.32. The Bertz CT molecular complexity index is 713. The van der Waals surface area contributed by atoms with E-state index in [-0.39, 0.29) is 17.8 Å². The van der Waals surface area contributed by atoms with Crippen LogP contribution in [0, 0.1) is 19.7 Å². The smallest absolute Gasteiger partial charge is 0.228 e. The predicted molar refractivity (Wildman–Crippen MR) is 90.0 cm³/mol. The summed E-state index contributed by atoms with van der Waals surface area (Å²) in [6.07, 6.45) is 3.38. The Kier molecular flexibility index (Phi) is 4.76. The van der Waals surface area contributed by atoms with Gasteiger partial charge in [-0.25, -0.2) is 9.37 Å². The fourth-order valence-corrected chi connectivity index (χ4v) is 4.20. The van der Waals surface area contributed by atoms with Gasteiger partial charge in [0.25, 0.3) is 0 Å². The van der Waals surface area contributed by atoms with E-state index in [1.807, 2.05) is 24.8 Å². The molecule has 2 heterocycles. The first-order valence-corrected chi connectivity index (χ1v) is 8.84. The number of rotatable bonds is 3. The molecule has 1 amide bonds. The van der Waals surface area contributed by atoms with Crippen LogP contribution in [-0.2, 0) is 11.2 Å². The molecule has 1 fully saturated rings. The van der Waals surface area contributed by atoms with Crippen LogP contribution in [0.4, 0.5) is 4.39 Å². The van der Waals surface area contributed by atoms with Gasteiger partial charge in [0.15, 0.2) is 0 Å². The van der Waals surface area contributed by atoms with E-state index in [4.69, 9.17) is 0 Å². The van der Waals surface area contributed by atoms with Gasteiger partial charge in [0.2, 0.25) is 5.91 Å². The second kappa shape index (κ2) is 6.79. The molecular formula is C18H21FN2OS. The quantitative estimate of drug-likeness (QED) is 0.844. The van der Waals surface area contributed by atoms with E-state index in [9.17, 15) is 9.18 Å². The fourth-order valence-electron chi connectivity index (χ4n) is 3.27. The summed E-state index contributed by atoms with van der Waals surface area (Å²) in [4.78, 5) is 20.2. The third-order valence-electron chi connectivity index (χ3n) is 4.37. The van der Waals surface area contributed by atoms with Crippen molar-refractivity contribution in [3.8, 4) is 0 Å². The minimum absolute atomic E-state index is 0.0127. The van der Waals surface area contributed by atoms with Crippen molar-refractivity contribution in [1.29, 1.82) is 0 Å². The first-order chi connectivity index (χ1) is 11.0. The number of amides is 1. The zero-order valence-corrected chi connectivity index (χ0v) is 14.3. The van der Waals surface area contributed by atoms with E-state index in [2.05, 4.69) is 4.98 Å². The van der Waals surface area contributed by atoms with Crippen LogP contribution in [0.5, 0.6) is 0 Å². The second-order valence-electron chi connectivity index (χ2n) is 6.07. The topological polar surface area (TPSA) is 33.2 Å². The summed E-state index contributed by atoms with van der Waals surface area (Å²) in [6.45, 7) is 4.66. The highest BCUT2D eigenvalue weighted by molar-refractivity contribution is 7.11. The number of likely N-dealkylation sites (tertiary alicyclic amines) is 1. The summed E-state index contributed by atoms with van der Waals surface area (Å²) < 4.78 is 13.5. The van der Waals surface area contributed by atoms with E-state index in [1.54, 1.807) is 23.5 Å². The standard InChI is InChI=1S/C18H21FN2OS/c1-12-17(23-13(2)20-12)11-18(22)21-9-4-3-8-16(21)14-6-5-7-15(19)10-14/h5-7,10,16H,3-4,8-9,11H2,1-2H3/t16-/m1/s1. The average Bonchev–Trinajstić information content (AvgIpc) is 2.85. The number of carbonyl (C=O) groups excluding carboxylic acids is 1. The van der Waals surface area contributed by atoms with E-state index in [0.717, 1.165) is 46.9 Å². The summed E-state index contributed by atoms with van der Waals surface area (Å²) in [6, 6.07) is 6.63. The van der Waals surface area contributed by atoms with Gasteiger partial charge in [-0.3, -0.25) is 4.79 Å². The zero-order valence-electron chi connectivity index (χ0n) is 13.5. The molecule has 1 aromatic heterocycles. The van der Waals surface area contributed by atoms with Gasteiger partial charge in [0, 0.05) is 11.4 Å². The molecule has 1 atom stereocenters. The van der Waals surface area contributed by atoms with Crippen LogP contribution in [0.1, 0.15) is 46.4 Å². The van der Waals surface area contributed by atoms with Gasteiger partial charge in [0.05, 0.1) is 23.2 Å². The minimum atomic E-state index is -0.241. The number of aryl methyl sites for hydroxylation is 2. The van der Waals surface area contributed by atoms with E-state index >= 15 is 0 Å². The Morgan fingerprint density at radius 2 is 2.22 bits per heavy atom. The predicted octanol–water partition coefficient (Wildman–Crippen LogP) is 4.20. The van der Waals surface area contributed by atoms with Crippen LogP contribution in [0.15, 0.2) is 24.3 Å². The minimum Gasteiger partial charge on any atom is -0.335 e. The first-order valence-electron chi connectivity index (χ1n) is 8.02. The maximum atomic E-state index is 13.5. The van der Waals surface area contributed by atoms with E-state index < -0.39 is 0 Å². The van der Waals surface area contributed by atoms with Gasteiger partial charge >= 0.3 is 0 Å². The third kappa shape index (κ3) is 3.61. The summed E-state index contributed by atoms with van der Waals surface area (Å²) >= 11 is 1.59. The molecule has 122 valence electrons. The maximum Gasteiger partial charge on any atom is 0.228 e. The van der Waals surface area contributed by atoms with Crippen molar-refractivity contribution in [3.05, 3.63) is 51.2 Å². The van der Waals surface area contributed by atoms with E-state index in [0.29, 0.717) is 6.42 Å². The molecule has 0 N–H and O–H groups in total. The SMILES string of the molecule is Cc1nc(C)c(CC(=O)N2CCCC[C@@H]2c2cccc(F)c2)s1. The monoisotopic (exact) mass is 332 g/mol. The largest absolute Gasteiger partial charge is 0.335 e. The van der Waals surface area contributed by atoms with Gasteiger partial charge in [0.1, 0.15) is 5.82 Å². The highest BCUT2D eigenvalue weighted by atomic mass is 32.1. The van der Waals surface area contributed by atoms with Crippen LogP contribution in [0.25, 0.3) is 0 Å². The number of nitrogens with zero attached hydrogens (tertiary/aromatic N) is 2. The molecule has 0 unspecified atom stereocenters. The van der Waals surface area contributed by atoms with Crippen molar-refractivity contribution < 1.29 is 9.18 Å². The molecule has 0 spiro atoms. The molecule has 3 rings (SSSR count). The van der Waals surface area contributed by atoms with Gasteiger partial charge in [-0.1, -0.05) is 12.1 Å². The number of benzene rings is 1. The van der Waals surface area contributed by atoms with Gasteiger partial charge in [-0.2, -0.15) is 0 Å². The van der Waals surface area contributed by atoms with Crippen LogP contribution >= 0.6 is 11.3 Å². The first kappa shape index (κ1) is 16.1. The molecule has 0 aliphatic carbocycles. The maximum absolute atomic E-state index is 13.5. The molecule has 1 aliphatic heterocycles. The molecule has 0 bridgehead atoms. The molecule has 0 radical (unpaired) electrons. The normalized spacial score (nSPS) is 18.2. The van der Waals surface area contributed by atoms with Crippen LogP contribution in [0.2, 0.25) is 0 Å². The van der Waals surface area contributed by atoms with Gasteiger partial charge in [-0.15, -0.1) is 11.3 Å². The molecule has 2 aromatic rings. The van der Waals surface area contributed by atoms with Crippen LogP contribution < -0.4 is 0 Å². The number of piperidine rings is 1. The summed E-state index contributed by atoms with van der Waals surface area (Å²) in [5.41, 5.74) is 1.84. The lowest BCUT2D eigenvalue weighted by Gasteiger charge is -2.36. The molecule has 5 heteroatoms. The third-order valence-corrected chi connectivity index (χ3v) is 5.44. The molecule has 3 nitrogen and oxygen atoms in total. The Labute approximate surface area is 140 Å². The van der Waals surface area contributed by atoms with Crippen molar-refractivity contribution in [1.82, 2.24) is 9.88 Å². The van der Waals surface area contributed by atoms with Gasteiger partial charge in [-0.05, 0) is 50.8 Å². The Balaban J connectivity index is 1.80. The molecule has 23 heavy (non-hydrogen) atoms. The molecule has 1 saturated heterocycles. The fraction of sp³-hybridized carbons (Fsp3) is 0.444. The molecular weight excluding hydrogens is 311 g/mol. The average molecular weight is 332 g/mol. The number of halogens is 1. The van der Waals surface area contributed by atoms with Crippen LogP contribution in [-0.4, -0.2) is 22.3 Å². The second-order valence-corrected chi connectivity index (χ2v) is 7.36. The molecule has 1 aromatic carbocycles. The lowest BCUT2D eigenvalue weighted by molar-refractivity contribution is -0.134.